The molecule has 0 atom stereocenters. The Kier molecular flexibility index (Phi) is 5.24. The topological polar surface area (TPSA) is 49.4 Å². The highest BCUT2D eigenvalue weighted by Crippen LogP contribution is 2.44. The predicted molar refractivity (Wildman–Crippen MR) is 120 cm³/mol. The second-order valence-corrected chi connectivity index (χ2v) is 8.91. The van der Waals surface area contributed by atoms with E-state index in [-0.39, 0.29) is 17.5 Å². The second kappa shape index (κ2) is 8.19. The Bertz CT molecular complexity index is 1170. The first-order valence-electron chi connectivity index (χ1n) is 10.4. The van der Waals surface area contributed by atoms with E-state index in [1.807, 2.05) is 41.3 Å². The van der Waals surface area contributed by atoms with E-state index >= 15 is 0 Å². The standard InChI is InChI=1S/C25H21FN2O2S/c26-20-11-5-3-9-18(20)24(29)27-16-13-14-21-23(15-16)31-22-12-6-4-10-19(22)25(30)28(21)17-7-1-2-8-17/h3-6,9-15,17H,1-2,7-8H2,(H,27,29). The molecule has 0 aromatic heterocycles. The summed E-state index contributed by atoms with van der Waals surface area (Å²) in [5.74, 6) is -1.03. The van der Waals surface area contributed by atoms with Gasteiger partial charge in [-0.3, -0.25) is 9.59 Å². The van der Waals surface area contributed by atoms with Gasteiger partial charge in [0.15, 0.2) is 0 Å². The van der Waals surface area contributed by atoms with Crippen LogP contribution in [0.1, 0.15) is 46.4 Å². The molecule has 1 N–H and O–H groups in total. The van der Waals surface area contributed by atoms with Crippen LogP contribution in [-0.2, 0) is 0 Å². The van der Waals surface area contributed by atoms with E-state index in [1.54, 1.807) is 18.2 Å². The minimum Gasteiger partial charge on any atom is -0.322 e. The molecule has 0 bridgehead atoms. The molecular weight excluding hydrogens is 411 g/mol. The van der Waals surface area contributed by atoms with E-state index < -0.39 is 11.7 Å². The van der Waals surface area contributed by atoms with Crippen molar-refractivity contribution in [3.8, 4) is 0 Å². The van der Waals surface area contributed by atoms with Crippen molar-refractivity contribution in [1.82, 2.24) is 0 Å². The molecule has 1 aliphatic carbocycles. The highest BCUT2D eigenvalue weighted by molar-refractivity contribution is 7.99. The molecule has 0 spiro atoms. The summed E-state index contributed by atoms with van der Waals surface area (Å²) in [7, 11) is 0. The zero-order valence-corrected chi connectivity index (χ0v) is 17.6. The van der Waals surface area contributed by atoms with Crippen LogP contribution in [0.4, 0.5) is 15.8 Å². The molecule has 6 heteroatoms. The molecule has 31 heavy (non-hydrogen) atoms. The number of nitrogens with zero attached hydrogens (tertiary/aromatic N) is 1. The van der Waals surface area contributed by atoms with Gasteiger partial charge < -0.3 is 10.2 Å². The van der Waals surface area contributed by atoms with Crippen molar-refractivity contribution in [2.75, 3.05) is 10.2 Å². The quantitative estimate of drug-likeness (QED) is 0.541. The van der Waals surface area contributed by atoms with Crippen molar-refractivity contribution >= 4 is 35.0 Å². The minimum atomic E-state index is -0.559. The van der Waals surface area contributed by atoms with Crippen molar-refractivity contribution in [1.29, 1.82) is 0 Å². The summed E-state index contributed by atoms with van der Waals surface area (Å²) < 4.78 is 14.0. The van der Waals surface area contributed by atoms with Crippen LogP contribution in [-0.4, -0.2) is 17.9 Å². The number of nitrogens with one attached hydrogen (secondary N) is 1. The zero-order chi connectivity index (χ0) is 21.4. The number of halogens is 1. The SMILES string of the molecule is O=C(Nc1ccc2c(c1)Sc1ccccc1C(=O)N2C1CCCC1)c1ccccc1F. The number of hydrogen-bond donors (Lipinski definition) is 1. The van der Waals surface area contributed by atoms with Gasteiger partial charge in [-0.2, -0.15) is 0 Å². The Balaban J connectivity index is 1.53. The van der Waals surface area contributed by atoms with Gasteiger partial charge >= 0.3 is 0 Å². The first-order chi connectivity index (χ1) is 15.1. The molecule has 0 saturated heterocycles. The van der Waals surface area contributed by atoms with Crippen LogP contribution in [0, 0.1) is 5.82 Å². The van der Waals surface area contributed by atoms with E-state index in [0.29, 0.717) is 11.3 Å². The lowest BCUT2D eigenvalue weighted by Crippen LogP contribution is -2.39. The first kappa shape index (κ1) is 19.8. The van der Waals surface area contributed by atoms with Gasteiger partial charge in [-0.1, -0.05) is 48.9 Å². The van der Waals surface area contributed by atoms with Crippen molar-refractivity contribution in [2.45, 2.75) is 41.5 Å². The van der Waals surface area contributed by atoms with E-state index in [1.165, 1.54) is 23.9 Å². The third-order valence-electron chi connectivity index (χ3n) is 5.84. The monoisotopic (exact) mass is 432 g/mol. The fourth-order valence-electron chi connectivity index (χ4n) is 4.33. The maximum Gasteiger partial charge on any atom is 0.259 e. The van der Waals surface area contributed by atoms with E-state index in [2.05, 4.69) is 5.32 Å². The van der Waals surface area contributed by atoms with Crippen LogP contribution in [0.25, 0.3) is 0 Å². The van der Waals surface area contributed by atoms with Crippen LogP contribution in [0.5, 0.6) is 0 Å². The van der Waals surface area contributed by atoms with Crippen molar-refractivity contribution in [3.05, 3.63) is 83.7 Å². The smallest absolute Gasteiger partial charge is 0.259 e. The van der Waals surface area contributed by atoms with Gasteiger partial charge in [0.1, 0.15) is 5.82 Å². The molecule has 2 amide bonds. The number of amides is 2. The summed E-state index contributed by atoms with van der Waals surface area (Å²) in [6, 6.07) is 19.3. The van der Waals surface area contributed by atoms with Crippen LogP contribution in [0.2, 0.25) is 0 Å². The fraction of sp³-hybridized carbons (Fsp3) is 0.200. The summed E-state index contributed by atoms with van der Waals surface area (Å²) >= 11 is 1.52. The van der Waals surface area contributed by atoms with Crippen molar-refractivity contribution in [2.24, 2.45) is 0 Å². The number of anilines is 2. The van der Waals surface area contributed by atoms with Gasteiger partial charge in [-0.15, -0.1) is 0 Å². The molecule has 3 aromatic rings. The van der Waals surface area contributed by atoms with E-state index in [4.69, 9.17) is 0 Å². The van der Waals surface area contributed by atoms with Crippen LogP contribution < -0.4 is 10.2 Å². The van der Waals surface area contributed by atoms with Gasteiger partial charge in [-0.05, 0) is 55.3 Å². The maximum atomic E-state index is 14.0. The predicted octanol–water partition coefficient (Wildman–Crippen LogP) is 6.13. The molecule has 1 fully saturated rings. The number of fused-ring (bicyclic) bond motifs is 2. The second-order valence-electron chi connectivity index (χ2n) is 7.83. The number of rotatable bonds is 3. The largest absolute Gasteiger partial charge is 0.322 e. The number of hydrogen-bond acceptors (Lipinski definition) is 3. The van der Waals surface area contributed by atoms with Crippen LogP contribution in [0.3, 0.4) is 0 Å². The van der Waals surface area contributed by atoms with E-state index in [9.17, 15) is 14.0 Å². The molecule has 5 rings (SSSR count). The molecule has 1 heterocycles. The zero-order valence-electron chi connectivity index (χ0n) is 16.8. The molecule has 0 unspecified atom stereocenters. The van der Waals surface area contributed by atoms with Gasteiger partial charge in [0.05, 0.1) is 16.8 Å². The summed E-state index contributed by atoms with van der Waals surface area (Å²) in [4.78, 5) is 29.8. The lowest BCUT2D eigenvalue weighted by molar-refractivity contribution is 0.0972. The number of carbonyl (C=O) groups excluding carboxylic acids is 2. The fourth-order valence-corrected chi connectivity index (χ4v) is 5.44. The van der Waals surface area contributed by atoms with Gasteiger partial charge in [0.2, 0.25) is 0 Å². The molecule has 1 aliphatic heterocycles. The van der Waals surface area contributed by atoms with Crippen molar-refractivity contribution in [3.63, 3.8) is 0 Å². The van der Waals surface area contributed by atoms with E-state index in [0.717, 1.165) is 41.2 Å². The third kappa shape index (κ3) is 3.72. The Hall–Kier alpha value is -3.12. The molecular formula is C25H21FN2O2S. The molecule has 156 valence electrons. The van der Waals surface area contributed by atoms with Gasteiger partial charge in [0.25, 0.3) is 11.8 Å². The molecule has 3 aromatic carbocycles. The highest BCUT2D eigenvalue weighted by atomic mass is 32.2. The Morgan fingerprint density at radius 3 is 2.52 bits per heavy atom. The summed E-state index contributed by atoms with van der Waals surface area (Å²) in [5, 5.41) is 2.79. The van der Waals surface area contributed by atoms with Gasteiger partial charge in [0, 0.05) is 21.5 Å². The van der Waals surface area contributed by atoms with Crippen LogP contribution >= 0.6 is 11.8 Å². The average Bonchev–Trinajstić information content (AvgIpc) is 3.26. The summed E-state index contributed by atoms with van der Waals surface area (Å²) in [6.07, 6.45) is 4.22. The lowest BCUT2D eigenvalue weighted by Gasteiger charge is -2.29. The molecule has 4 nitrogen and oxygen atoms in total. The minimum absolute atomic E-state index is 0.00167. The maximum absolute atomic E-state index is 14.0. The number of benzene rings is 3. The summed E-state index contributed by atoms with van der Waals surface area (Å²) in [5.41, 5.74) is 2.13. The highest BCUT2D eigenvalue weighted by Gasteiger charge is 2.34. The van der Waals surface area contributed by atoms with Crippen molar-refractivity contribution < 1.29 is 14.0 Å². The van der Waals surface area contributed by atoms with Gasteiger partial charge in [-0.25, -0.2) is 4.39 Å². The third-order valence-corrected chi connectivity index (χ3v) is 6.96. The first-order valence-corrected chi connectivity index (χ1v) is 11.2. The summed E-state index contributed by atoms with van der Waals surface area (Å²) in [6.45, 7) is 0. The normalized spacial score (nSPS) is 15.9. The Morgan fingerprint density at radius 2 is 1.71 bits per heavy atom. The number of carbonyl (C=O) groups is 2. The Labute approximate surface area is 184 Å². The molecule has 2 aliphatic rings. The Morgan fingerprint density at radius 1 is 0.968 bits per heavy atom. The molecule has 1 saturated carbocycles. The molecule has 0 radical (unpaired) electrons. The van der Waals surface area contributed by atoms with Crippen LogP contribution in [0.15, 0.2) is 76.5 Å². The average molecular weight is 433 g/mol. The lowest BCUT2D eigenvalue weighted by atomic mass is 10.1.